The molecule has 0 heterocycles. The van der Waals surface area contributed by atoms with Crippen molar-refractivity contribution in [2.45, 2.75) is 19.4 Å². The maximum Gasteiger partial charge on any atom is 0.0624 e. The van der Waals surface area contributed by atoms with Crippen molar-refractivity contribution in [1.82, 2.24) is 5.43 Å². The van der Waals surface area contributed by atoms with Gasteiger partial charge in [-0.25, -0.2) is 0 Å². The summed E-state index contributed by atoms with van der Waals surface area (Å²) in [6.45, 7) is 2.06. The Labute approximate surface area is 137 Å². The van der Waals surface area contributed by atoms with Gasteiger partial charge in [-0.2, -0.15) is 0 Å². The fourth-order valence-electron chi connectivity index (χ4n) is 2.17. The lowest BCUT2D eigenvalue weighted by molar-refractivity contribution is 0.549. The summed E-state index contributed by atoms with van der Waals surface area (Å²) < 4.78 is 1.02. The molecular weight excluding hydrogens is 359 g/mol. The molecule has 1 atom stereocenters. The normalized spacial score (nSPS) is 12.4. The van der Waals surface area contributed by atoms with E-state index in [0.717, 1.165) is 15.6 Å². The van der Waals surface area contributed by atoms with E-state index in [0.29, 0.717) is 16.5 Å². The maximum atomic E-state index is 6.24. The van der Waals surface area contributed by atoms with E-state index >= 15 is 0 Å². The Morgan fingerprint density at radius 2 is 2.00 bits per heavy atom. The van der Waals surface area contributed by atoms with Crippen LogP contribution in [0.5, 0.6) is 0 Å². The highest BCUT2D eigenvalue weighted by Gasteiger charge is 2.16. The van der Waals surface area contributed by atoms with Gasteiger partial charge in [-0.3, -0.25) is 11.3 Å². The number of nitrogens with two attached hydrogens (primary N) is 1. The molecule has 0 aliphatic rings. The van der Waals surface area contributed by atoms with Crippen LogP contribution in [0.3, 0.4) is 0 Å². The third-order valence-corrected chi connectivity index (χ3v) is 4.62. The largest absolute Gasteiger partial charge is 0.271 e. The number of aryl methyl sites for hydroxylation is 1. The molecule has 0 aliphatic heterocycles. The van der Waals surface area contributed by atoms with Gasteiger partial charge in [0.1, 0.15) is 0 Å². The van der Waals surface area contributed by atoms with Gasteiger partial charge in [0.05, 0.1) is 16.1 Å². The van der Waals surface area contributed by atoms with Gasteiger partial charge in [0.2, 0.25) is 0 Å². The Balaban J connectivity index is 2.34. The minimum atomic E-state index is -0.0246. The summed E-state index contributed by atoms with van der Waals surface area (Å²) in [5.74, 6) is 5.72. The summed E-state index contributed by atoms with van der Waals surface area (Å²) in [7, 11) is 0. The molecule has 2 rings (SSSR count). The van der Waals surface area contributed by atoms with Crippen LogP contribution in [0, 0.1) is 6.92 Å². The van der Waals surface area contributed by atoms with E-state index in [-0.39, 0.29) is 6.04 Å². The van der Waals surface area contributed by atoms with Crippen LogP contribution in [0.4, 0.5) is 0 Å². The van der Waals surface area contributed by atoms with Gasteiger partial charge < -0.3 is 0 Å². The van der Waals surface area contributed by atoms with E-state index in [1.165, 1.54) is 5.56 Å². The maximum absolute atomic E-state index is 6.24. The molecule has 5 heteroatoms. The molecular formula is C15H15BrCl2N2. The molecule has 1 unspecified atom stereocenters. The summed E-state index contributed by atoms with van der Waals surface area (Å²) in [6, 6.07) is 11.8. The van der Waals surface area contributed by atoms with Gasteiger partial charge in [-0.15, -0.1) is 0 Å². The van der Waals surface area contributed by atoms with E-state index in [1.54, 1.807) is 6.07 Å². The molecule has 0 fully saturated rings. The molecule has 0 radical (unpaired) electrons. The average molecular weight is 374 g/mol. The van der Waals surface area contributed by atoms with E-state index in [9.17, 15) is 0 Å². The standard InChI is InChI=1S/C15H15BrCl2N2/c1-9-5-6-11(16)8-12(9)14(20-19)7-10-3-2-4-13(17)15(10)18/h2-6,8,14,20H,7,19H2,1H3. The van der Waals surface area contributed by atoms with Crippen LogP contribution in [0.15, 0.2) is 40.9 Å². The van der Waals surface area contributed by atoms with Crippen LogP contribution in [0.1, 0.15) is 22.7 Å². The number of rotatable bonds is 4. The van der Waals surface area contributed by atoms with Gasteiger partial charge in [-0.1, -0.05) is 57.3 Å². The molecule has 0 spiro atoms. The number of hydrazine groups is 1. The number of benzene rings is 2. The Bertz CT molecular complexity index is 617. The minimum Gasteiger partial charge on any atom is -0.271 e. The highest BCUT2D eigenvalue weighted by molar-refractivity contribution is 9.10. The quantitative estimate of drug-likeness (QED) is 0.596. The summed E-state index contributed by atoms with van der Waals surface area (Å²) in [4.78, 5) is 0. The van der Waals surface area contributed by atoms with Crippen LogP contribution in [-0.2, 0) is 6.42 Å². The molecule has 20 heavy (non-hydrogen) atoms. The van der Waals surface area contributed by atoms with Gasteiger partial charge >= 0.3 is 0 Å². The average Bonchev–Trinajstić information content (AvgIpc) is 2.43. The van der Waals surface area contributed by atoms with Crippen molar-refractivity contribution in [2.75, 3.05) is 0 Å². The predicted octanol–water partition coefficient (Wildman–Crippen LogP) is 4.81. The molecule has 106 valence electrons. The second-order valence-corrected chi connectivity index (χ2v) is 6.34. The van der Waals surface area contributed by atoms with E-state index < -0.39 is 0 Å². The first-order chi connectivity index (χ1) is 9.52. The monoisotopic (exact) mass is 372 g/mol. The van der Waals surface area contributed by atoms with E-state index in [2.05, 4.69) is 40.4 Å². The first-order valence-electron chi connectivity index (χ1n) is 6.18. The minimum absolute atomic E-state index is 0.0246. The van der Waals surface area contributed by atoms with Gasteiger partial charge in [-0.05, 0) is 48.2 Å². The van der Waals surface area contributed by atoms with Crippen molar-refractivity contribution in [2.24, 2.45) is 5.84 Å². The number of hydrogen-bond donors (Lipinski definition) is 2. The van der Waals surface area contributed by atoms with Crippen LogP contribution in [0.2, 0.25) is 10.0 Å². The third-order valence-electron chi connectivity index (χ3n) is 3.27. The summed E-state index contributed by atoms with van der Waals surface area (Å²) >= 11 is 15.8. The van der Waals surface area contributed by atoms with E-state index in [1.807, 2.05) is 18.2 Å². The molecule has 0 saturated carbocycles. The topological polar surface area (TPSA) is 38.0 Å². The van der Waals surface area contributed by atoms with Crippen LogP contribution < -0.4 is 11.3 Å². The molecule has 0 aliphatic carbocycles. The molecule has 0 aromatic heterocycles. The highest BCUT2D eigenvalue weighted by atomic mass is 79.9. The SMILES string of the molecule is Cc1ccc(Br)cc1C(Cc1cccc(Cl)c1Cl)NN. The van der Waals surface area contributed by atoms with Gasteiger partial charge in [0.25, 0.3) is 0 Å². The zero-order chi connectivity index (χ0) is 14.7. The van der Waals surface area contributed by atoms with Gasteiger partial charge in [0.15, 0.2) is 0 Å². The summed E-state index contributed by atoms with van der Waals surface area (Å²) in [5.41, 5.74) is 6.14. The van der Waals surface area contributed by atoms with Crippen molar-refractivity contribution < 1.29 is 0 Å². The van der Waals surface area contributed by atoms with Crippen LogP contribution in [-0.4, -0.2) is 0 Å². The van der Waals surface area contributed by atoms with E-state index in [4.69, 9.17) is 29.0 Å². The number of halogens is 3. The fraction of sp³-hybridized carbons (Fsp3) is 0.200. The lowest BCUT2D eigenvalue weighted by atomic mass is 9.96. The lowest BCUT2D eigenvalue weighted by Crippen LogP contribution is -2.30. The number of hydrogen-bond acceptors (Lipinski definition) is 2. The first-order valence-corrected chi connectivity index (χ1v) is 7.73. The Morgan fingerprint density at radius 3 is 2.70 bits per heavy atom. The predicted molar refractivity (Wildman–Crippen MR) is 89.1 cm³/mol. The lowest BCUT2D eigenvalue weighted by Gasteiger charge is -2.20. The molecule has 0 saturated heterocycles. The van der Waals surface area contributed by atoms with Crippen molar-refractivity contribution >= 4 is 39.1 Å². The Kier molecular flexibility index (Phi) is 5.47. The fourth-order valence-corrected chi connectivity index (χ4v) is 2.95. The third kappa shape index (κ3) is 3.54. The Morgan fingerprint density at radius 1 is 1.25 bits per heavy atom. The van der Waals surface area contributed by atoms with Crippen molar-refractivity contribution in [3.8, 4) is 0 Å². The van der Waals surface area contributed by atoms with Crippen molar-refractivity contribution in [3.63, 3.8) is 0 Å². The highest BCUT2D eigenvalue weighted by Crippen LogP contribution is 2.30. The summed E-state index contributed by atoms with van der Waals surface area (Å²) in [5, 5.41) is 1.15. The van der Waals surface area contributed by atoms with Crippen molar-refractivity contribution in [1.29, 1.82) is 0 Å². The second kappa shape index (κ2) is 6.92. The van der Waals surface area contributed by atoms with Crippen LogP contribution >= 0.6 is 39.1 Å². The molecule has 2 aromatic rings. The zero-order valence-corrected chi connectivity index (χ0v) is 14.1. The first kappa shape index (κ1) is 15.8. The zero-order valence-electron chi connectivity index (χ0n) is 11.0. The van der Waals surface area contributed by atoms with Crippen molar-refractivity contribution in [3.05, 3.63) is 67.6 Å². The molecule has 0 bridgehead atoms. The molecule has 2 nitrogen and oxygen atoms in total. The summed E-state index contributed by atoms with van der Waals surface area (Å²) in [6.07, 6.45) is 0.674. The van der Waals surface area contributed by atoms with Gasteiger partial charge in [0, 0.05) is 4.47 Å². The molecule has 0 amide bonds. The molecule has 2 aromatic carbocycles. The molecule has 3 N–H and O–H groups in total. The second-order valence-electron chi connectivity index (χ2n) is 4.64. The Hall–Kier alpha value is -0.580. The van der Waals surface area contributed by atoms with Crippen LogP contribution in [0.25, 0.3) is 0 Å². The number of nitrogens with one attached hydrogen (secondary N) is 1. The smallest absolute Gasteiger partial charge is 0.0624 e.